The molecule has 3 N–H and O–H groups in total. The number of hydrogen-bond donors (Lipinski definition) is 3. The number of likely N-dealkylation sites (N-methyl/N-ethyl adjacent to an activating group) is 1. The van der Waals surface area contributed by atoms with Gasteiger partial charge in [-0.1, -0.05) is 6.07 Å². The lowest BCUT2D eigenvalue weighted by molar-refractivity contribution is -0.118. The summed E-state index contributed by atoms with van der Waals surface area (Å²) in [6, 6.07) is 6.06. The van der Waals surface area contributed by atoms with Crippen LogP contribution in [0, 0.1) is 0 Å². The first-order valence-corrected chi connectivity index (χ1v) is 7.60. The van der Waals surface area contributed by atoms with Gasteiger partial charge >= 0.3 is 0 Å². The third-order valence-electron chi connectivity index (χ3n) is 3.34. The lowest BCUT2D eigenvalue weighted by atomic mass is 10.1. The lowest BCUT2D eigenvalue weighted by Gasteiger charge is -2.24. The Bertz CT molecular complexity index is 466. The summed E-state index contributed by atoms with van der Waals surface area (Å²) >= 11 is 0. The molecule has 0 unspecified atom stereocenters. The third-order valence-corrected chi connectivity index (χ3v) is 3.34. The monoisotopic (exact) mass is 309 g/mol. The number of nitrogens with one attached hydrogen (secondary N) is 2. The second-order valence-electron chi connectivity index (χ2n) is 4.97. The van der Waals surface area contributed by atoms with Gasteiger partial charge in [0.2, 0.25) is 5.91 Å². The van der Waals surface area contributed by atoms with Crippen LogP contribution in [0.2, 0.25) is 0 Å². The summed E-state index contributed by atoms with van der Waals surface area (Å²) in [5, 5.41) is 15.1. The number of aliphatic hydroxyl groups excluding tert-OH is 1. The van der Waals surface area contributed by atoms with Crippen LogP contribution in [0.1, 0.15) is 19.4 Å². The normalized spacial score (nSPS) is 10.4. The van der Waals surface area contributed by atoms with Crippen LogP contribution in [-0.4, -0.2) is 50.9 Å². The van der Waals surface area contributed by atoms with Crippen molar-refractivity contribution >= 4 is 11.6 Å². The standard InChI is InChI=1S/C16H27N3O3/c1-4-19(9-10-20)15-6-5-14(11-16(15)22-3)12-17-7-8-18-13(2)21/h5-6,11,17,20H,4,7-10,12H2,1-3H3,(H,18,21). The Morgan fingerprint density at radius 3 is 2.73 bits per heavy atom. The van der Waals surface area contributed by atoms with Crippen LogP contribution in [0.3, 0.4) is 0 Å². The van der Waals surface area contributed by atoms with Crippen LogP contribution in [0.25, 0.3) is 0 Å². The van der Waals surface area contributed by atoms with Crippen molar-refractivity contribution in [2.24, 2.45) is 0 Å². The Morgan fingerprint density at radius 2 is 2.14 bits per heavy atom. The maximum atomic E-state index is 10.8. The number of aliphatic hydroxyl groups is 1. The van der Waals surface area contributed by atoms with E-state index in [-0.39, 0.29) is 12.5 Å². The first-order chi connectivity index (χ1) is 10.6. The zero-order valence-electron chi connectivity index (χ0n) is 13.7. The molecule has 0 saturated carbocycles. The largest absolute Gasteiger partial charge is 0.495 e. The number of hydrogen-bond acceptors (Lipinski definition) is 5. The van der Waals surface area contributed by atoms with Crippen molar-refractivity contribution in [3.63, 3.8) is 0 Å². The van der Waals surface area contributed by atoms with Crippen LogP contribution < -0.4 is 20.3 Å². The molecule has 0 atom stereocenters. The van der Waals surface area contributed by atoms with E-state index in [0.717, 1.165) is 30.1 Å². The van der Waals surface area contributed by atoms with Crippen molar-refractivity contribution in [2.45, 2.75) is 20.4 Å². The highest BCUT2D eigenvalue weighted by Gasteiger charge is 2.10. The fourth-order valence-electron chi connectivity index (χ4n) is 2.22. The van der Waals surface area contributed by atoms with Gasteiger partial charge in [0.05, 0.1) is 19.4 Å². The summed E-state index contributed by atoms with van der Waals surface area (Å²) in [6.45, 7) is 7.11. The quantitative estimate of drug-likeness (QED) is 0.556. The molecule has 0 spiro atoms. The van der Waals surface area contributed by atoms with Gasteiger partial charge in [-0.2, -0.15) is 0 Å². The molecular formula is C16H27N3O3. The number of amides is 1. The number of benzene rings is 1. The molecule has 0 saturated heterocycles. The molecule has 1 aromatic rings. The van der Waals surface area contributed by atoms with Gasteiger partial charge in [0, 0.05) is 39.6 Å². The first-order valence-electron chi connectivity index (χ1n) is 7.60. The predicted octanol–water partition coefficient (Wildman–Crippen LogP) is 0.739. The molecule has 6 heteroatoms. The third kappa shape index (κ3) is 5.91. The zero-order valence-corrected chi connectivity index (χ0v) is 13.7. The molecule has 0 aliphatic carbocycles. The molecule has 0 bridgehead atoms. The number of ether oxygens (including phenoxy) is 1. The molecule has 1 amide bonds. The highest BCUT2D eigenvalue weighted by molar-refractivity contribution is 5.72. The van der Waals surface area contributed by atoms with Gasteiger partial charge in [0.15, 0.2) is 0 Å². The summed E-state index contributed by atoms with van der Waals surface area (Å²) in [5.74, 6) is 0.785. The zero-order chi connectivity index (χ0) is 16.4. The van der Waals surface area contributed by atoms with Crippen molar-refractivity contribution in [1.29, 1.82) is 0 Å². The molecule has 1 aromatic carbocycles. The fourth-order valence-corrected chi connectivity index (χ4v) is 2.22. The van der Waals surface area contributed by atoms with Crippen LogP contribution in [0.15, 0.2) is 18.2 Å². The molecule has 0 aliphatic heterocycles. The van der Waals surface area contributed by atoms with E-state index >= 15 is 0 Å². The summed E-state index contributed by atoms with van der Waals surface area (Å²) in [7, 11) is 1.65. The Morgan fingerprint density at radius 1 is 1.36 bits per heavy atom. The van der Waals surface area contributed by atoms with Crippen LogP contribution in [-0.2, 0) is 11.3 Å². The number of anilines is 1. The topological polar surface area (TPSA) is 73.8 Å². The Balaban J connectivity index is 2.61. The smallest absolute Gasteiger partial charge is 0.216 e. The molecule has 124 valence electrons. The Labute approximate surface area is 132 Å². The molecule has 0 radical (unpaired) electrons. The minimum Gasteiger partial charge on any atom is -0.495 e. The molecule has 1 rings (SSSR count). The fraction of sp³-hybridized carbons (Fsp3) is 0.562. The SMILES string of the molecule is CCN(CCO)c1ccc(CNCCNC(C)=O)cc1OC. The Kier molecular flexibility index (Phi) is 8.32. The average molecular weight is 309 g/mol. The maximum absolute atomic E-state index is 10.8. The highest BCUT2D eigenvalue weighted by Crippen LogP contribution is 2.29. The number of nitrogens with zero attached hydrogens (tertiary/aromatic N) is 1. The molecule has 0 aromatic heterocycles. The van der Waals surface area contributed by atoms with Crippen LogP contribution >= 0.6 is 0 Å². The molecule has 0 aliphatic rings. The van der Waals surface area contributed by atoms with Gasteiger partial charge in [0.1, 0.15) is 5.75 Å². The Hall–Kier alpha value is -1.79. The van der Waals surface area contributed by atoms with Crippen molar-refractivity contribution in [3.8, 4) is 5.75 Å². The number of methoxy groups -OCH3 is 1. The van der Waals surface area contributed by atoms with E-state index < -0.39 is 0 Å². The van der Waals surface area contributed by atoms with E-state index in [1.54, 1.807) is 7.11 Å². The van der Waals surface area contributed by atoms with Crippen molar-refractivity contribution < 1.29 is 14.6 Å². The number of rotatable bonds is 10. The summed E-state index contributed by atoms with van der Waals surface area (Å²) < 4.78 is 5.47. The molecular weight excluding hydrogens is 282 g/mol. The molecule has 0 heterocycles. The van der Waals surface area contributed by atoms with Gasteiger partial charge in [-0.25, -0.2) is 0 Å². The van der Waals surface area contributed by atoms with E-state index in [4.69, 9.17) is 9.84 Å². The van der Waals surface area contributed by atoms with Crippen molar-refractivity contribution in [3.05, 3.63) is 23.8 Å². The summed E-state index contributed by atoms with van der Waals surface area (Å²) in [6.07, 6.45) is 0. The van der Waals surface area contributed by atoms with Gasteiger partial charge in [0.25, 0.3) is 0 Å². The highest BCUT2D eigenvalue weighted by atomic mass is 16.5. The minimum atomic E-state index is -0.0173. The van der Waals surface area contributed by atoms with Gasteiger partial charge < -0.3 is 25.4 Å². The number of carbonyl (C=O) groups is 1. The molecule has 22 heavy (non-hydrogen) atoms. The van der Waals surface area contributed by atoms with E-state index in [9.17, 15) is 4.79 Å². The maximum Gasteiger partial charge on any atom is 0.216 e. The van der Waals surface area contributed by atoms with E-state index in [2.05, 4.69) is 15.5 Å². The van der Waals surface area contributed by atoms with Gasteiger partial charge in [-0.15, -0.1) is 0 Å². The molecule has 0 fully saturated rings. The van der Waals surface area contributed by atoms with Crippen LogP contribution in [0.4, 0.5) is 5.69 Å². The first kappa shape index (κ1) is 18.3. The predicted molar refractivity (Wildman–Crippen MR) is 88.4 cm³/mol. The summed E-state index contributed by atoms with van der Waals surface area (Å²) in [4.78, 5) is 12.8. The number of carbonyl (C=O) groups excluding carboxylic acids is 1. The van der Waals surface area contributed by atoms with E-state index in [0.29, 0.717) is 19.6 Å². The van der Waals surface area contributed by atoms with Crippen molar-refractivity contribution in [2.75, 3.05) is 44.8 Å². The summed E-state index contributed by atoms with van der Waals surface area (Å²) in [5.41, 5.74) is 2.10. The minimum absolute atomic E-state index is 0.0173. The van der Waals surface area contributed by atoms with Crippen LogP contribution in [0.5, 0.6) is 5.75 Å². The second kappa shape index (κ2) is 10.0. The van der Waals surface area contributed by atoms with E-state index in [1.165, 1.54) is 6.92 Å². The van der Waals surface area contributed by atoms with Gasteiger partial charge in [-0.3, -0.25) is 4.79 Å². The van der Waals surface area contributed by atoms with Crippen molar-refractivity contribution in [1.82, 2.24) is 10.6 Å². The second-order valence-corrected chi connectivity index (χ2v) is 4.97. The molecule has 6 nitrogen and oxygen atoms in total. The average Bonchev–Trinajstić information content (AvgIpc) is 2.52. The van der Waals surface area contributed by atoms with E-state index in [1.807, 2.05) is 25.1 Å². The lowest BCUT2D eigenvalue weighted by Crippen LogP contribution is -2.30. The van der Waals surface area contributed by atoms with Gasteiger partial charge in [-0.05, 0) is 24.6 Å².